The van der Waals surface area contributed by atoms with E-state index in [0.717, 1.165) is 22.9 Å². The Bertz CT molecular complexity index is 1330. The van der Waals surface area contributed by atoms with Crippen molar-refractivity contribution in [1.82, 2.24) is 9.80 Å². The minimum atomic E-state index is -1.07. The van der Waals surface area contributed by atoms with Crippen LogP contribution >= 0.6 is 0 Å². The van der Waals surface area contributed by atoms with Gasteiger partial charge in [0.05, 0.1) is 17.9 Å². The largest absolute Gasteiger partial charge is 0.396 e. The number of hydrogen-bond donors (Lipinski definition) is 1. The van der Waals surface area contributed by atoms with Gasteiger partial charge in [0.15, 0.2) is 0 Å². The molecule has 1 spiro atoms. The molecule has 8 heteroatoms. The van der Waals surface area contributed by atoms with Gasteiger partial charge in [-0.1, -0.05) is 49.4 Å². The average Bonchev–Trinajstić information content (AvgIpc) is 3.62. The summed E-state index contributed by atoms with van der Waals surface area (Å²) in [5.41, 5.74) is -0.350. The van der Waals surface area contributed by atoms with Crippen LogP contribution in [0.3, 0.4) is 0 Å². The van der Waals surface area contributed by atoms with Crippen LogP contribution in [0.1, 0.15) is 39.0 Å². The lowest BCUT2D eigenvalue weighted by Crippen LogP contribution is -2.56. The molecule has 3 fully saturated rings. The van der Waals surface area contributed by atoms with Gasteiger partial charge in [0.1, 0.15) is 11.6 Å². The molecule has 5 rings (SSSR count). The number of anilines is 1. The highest BCUT2D eigenvalue weighted by Crippen LogP contribution is 2.59. The first-order chi connectivity index (χ1) is 19.9. The summed E-state index contributed by atoms with van der Waals surface area (Å²) >= 11 is 0. The van der Waals surface area contributed by atoms with Crippen LogP contribution in [-0.4, -0.2) is 83.2 Å². The molecule has 3 heterocycles. The van der Waals surface area contributed by atoms with Crippen molar-refractivity contribution in [2.45, 2.75) is 56.8 Å². The molecule has 0 saturated carbocycles. The molecule has 218 valence electrons. The minimum Gasteiger partial charge on any atom is -0.396 e. The molecule has 41 heavy (non-hydrogen) atoms. The Labute approximate surface area is 242 Å². The summed E-state index contributed by atoms with van der Waals surface area (Å²) in [6, 6.07) is 13.0. The molecule has 3 aliphatic heterocycles. The number of aliphatic hydroxyl groups is 1. The van der Waals surface area contributed by atoms with Crippen molar-refractivity contribution in [3.8, 4) is 0 Å². The third kappa shape index (κ3) is 4.97. The fraction of sp³-hybridized carbons (Fsp3) is 0.485. The summed E-state index contributed by atoms with van der Waals surface area (Å²) in [6.07, 6.45) is 6.01. The number of ether oxygens (including phenoxy) is 1. The molecule has 1 N–H and O–H groups in total. The zero-order valence-electron chi connectivity index (χ0n) is 23.9. The molecule has 3 saturated heterocycles. The van der Waals surface area contributed by atoms with Gasteiger partial charge in [-0.2, -0.15) is 0 Å². The van der Waals surface area contributed by atoms with Gasteiger partial charge in [-0.05, 0) is 55.0 Å². The van der Waals surface area contributed by atoms with Gasteiger partial charge in [-0.25, -0.2) is 0 Å². The topological polar surface area (TPSA) is 90.4 Å². The molecule has 3 amide bonds. The Morgan fingerprint density at radius 1 is 1.10 bits per heavy atom. The maximum atomic E-state index is 14.6. The molecule has 2 aromatic carbocycles. The second-order valence-electron chi connectivity index (χ2n) is 11.4. The lowest BCUT2D eigenvalue weighted by Gasteiger charge is -2.37. The standard InChI is InChI=1S/C33H41N3O5/c1-4-17-34(18-5-2)30(38)27-26-15-16-33(41-26)28(27)31(39)36(20-9-10-21-37)29(33)32(40)35(19-6-3)25-14-13-23-11-7-8-12-24(23)22-25/h4,6-8,11-14,22,26-29,37H,1,3,5,9-10,15-21H2,2H3/t26-,27+,28+,29?,33?/m1/s1. The van der Waals surface area contributed by atoms with Crippen molar-refractivity contribution >= 4 is 34.2 Å². The molecule has 3 aliphatic rings. The van der Waals surface area contributed by atoms with Gasteiger partial charge in [-0.15, -0.1) is 13.2 Å². The molecule has 0 radical (unpaired) electrons. The van der Waals surface area contributed by atoms with Gasteiger partial charge in [0.2, 0.25) is 11.8 Å². The van der Waals surface area contributed by atoms with Crippen molar-refractivity contribution in [3.63, 3.8) is 0 Å². The number of fused-ring (bicyclic) bond motifs is 2. The van der Waals surface area contributed by atoms with Crippen molar-refractivity contribution in [2.24, 2.45) is 11.8 Å². The number of benzene rings is 2. The van der Waals surface area contributed by atoms with Gasteiger partial charge < -0.3 is 24.5 Å². The van der Waals surface area contributed by atoms with Gasteiger partial charge in [0.25, 0.3) is 5.91 Å². The van der Waals surface area contributed by atoms with E-state index in [-0.39, 0.29) is 30.9 Å². The summed E-state index contributed by atoms with van der Waals surface area (Å²) < 4.78 is 6.64. The van der Waals surface area contributed by atoms with Gasteiger partial charge in [0, 0.05) is 38.5 Å². The van der Waals surface area contributed by atoms with Crippen molar-refractivity contribution in [2.75, 3.05) is 37.7 Å². The molecule has 2 unspecified atom stereocenters. The fourth-order valence-electron chi connectivity index (χ4n) is 7.22. The number of rotatable bonds is 13. The summed E-state index contributed by atoms with van der Waals surface area (Å²) in [7, 11) is 0. The van der Waals surface area contributed by atoms with Crippen LogP contribution in [0.2, 0.25) is 0 Å². The molecule has 0 aromatic heterocycles. The smallest absolute Gasteiger partial charge is 0.253 e. The zero-order valence-corrected chi connectivity index (χ0v) is 23.9. The van der Waals surface area contributed by atoms with E-state index in [1.165, 1.54) is 0 Å². The van der Waals surface area contributed by atoms with Crippen LogP contribution in [0, 0.1) is 11.8 Å². The Hall–Kier alpha value is -3.49. The van der Waals surface area contributed by atoms with E-state index in [9.17, 15) is 19.5 Å². The first-order valence-corrected chi connectivity index (χ1v) is 14.8. The van der Waals surface area contributed by atoms with E-state index in [1.807, 2.05) is 49.4 Å². The summed E-state index contributed by atoms with van der Waals surface area (Å²) in [6.45, 7) is 11.3. The first-order valence-electron chi connectivity index (χ1n) is 14.8. The number of aliphatic hydroxyl groups excluding tert-OH is 1. The highest BCUT2D eigenvalue weighted by molar-refractivity contribution is 6.05. The highest BCUT2D eigenvalue weighted by Gasteiger charge is 2.74. The molecule has 2 bridgehead atoms. The van der Waals surface area contributed by atoms with Crippen molar-refractivity contribution in [1.29, 1.82) is 0 Å². The molecule has 0 aliphatic carbocycles. The first kappa shape index (κ1) is 29.0. The number of carbonyl (C=O) groups excluding carboxylic acids is 3. The van der Waals surface area contributed by atoms with Crippen LogP contribution < -0.4 is 4.90 Å². The maximum Gasteiger partial charge on any atom is 0.253 e. The van der Waals surface area contributed by atoms with Crippen LogP contribution in [-0.2, 0) is 19.1 Å². The number of unbranched alkanes of at least 4 members (excludes halogenated alkanes) is 1. The maximum absolute atomic E-state index is 14.6. The van der Waals surface area contributed by atoms with E-state index in [2.05, 4.69) is 13.2 Å². The van der Waals surface area contributed by atoms with E-state index in [0.29, 0.717) is 45.3 Å². The Kier molecular flexibility index (Phi) is 8.61. The second kappa shape index (κ2) is 12.2. The van der Waals surface area contributed by atoms with Gasteiger partial charge >= 0.3 is 0 Å². The number of nitrogens with zero attached hydrogens (tertiary/aromatic N) is 3. The molecular weight excluding hydrogens is 518 g/mol. The molecule has 5 atom stereocenters. The number of hydrogen-bond acceptors (Lipinski definition) is 5. The third-order valence-corrected chi connectivity index (χ3v) is 8.90. The number of likely N-dealkylation sites (tertiary alicyclic amines) is 1. The van der Waals surface area contributed by atoms with Crippen molar-refractivity contribution in [3.05, 3.63) is 67.8 Å². The van der Waals surface area contributed by atoms with Crippen LogP contribution in [0.5, 0.6) is 0 Å². The predicted molar refractivity (Wildman–Crippen MR) is 159 cm³/mol. The fourth-order valence-corrected chi connectivity index (χ4v) is 7.22. The van der Waals surface area contributed by atoms with E-state index < -0.39 is 29.6 Å². The monoisotopic (exact) mass is 559 g/mol. The Morgan fingerprint density at radius 2 is 1.85 bits per heavy atom. The Morgan fingerprint density at radius 3 is 2.56 bits per heavy atom. The van der Waals surface area contributed by atoms with Crippen LogP contribution in [0.4, 0.5) is 5.69 Å². The zero-order chi connectivity index (χ0) is 29.1. The SMILES string of the molecule is C=CCN(CCC)C(=O)[C@@H]1[C@H]2C(=O)N(CCCCO)C(C(=O)N(CC=C)c3ccc4ccccc4c3)C23CC[C@H]1O3. The van der Waals surface area contributed by atoms with Gasteiger partial charge in [-0.3, -0.25) is 14.4 Å². The van der Waals surface area contributed by atoms with E-state index >= 15 is 0 Å². The summed E-state index contributed by atoms with van der Waals surface area (Å²) in [5, 5.41) is 11.5. The normalized spacial score (nSPS) is 26.3. The lowest BCUT2D eigenvalue weighted by molar-refractivity contribution is -0.145. The number of amides is 3. The summed E-state index contributed by atoms with van der Waals surface area (Å²) in [4.78, 5) is 47.9. The number of carbonyl (C=O) groups is 3. The molecule has 8 nitrogen and oxygen atoms in total. The minimum absolute atomic E-state index is 0.00209. The van der Waals surface area contributed by atoms with E-state index in [4.69, 9.17) is 4.74 Å². The quantitative estimate of drug-likeness (QED) is 0.297. The molecular formula is C33H41N3O5. The molecule has 2 aromatic rings. The lowest BCUT2D eigenvalue weighted by atomic mass is 9.70. The van der Waals surface area contributed by atoms with Crippen LogP contribution in [0.15, 0.2) is 67.8 Å². The highest BCUT2D eigenvalue weighted by atomic mass is 16.5. The Balaban J connectivity index is 1.54. The van der Waals surface area contributed by atoms with Crippen molar-refractivity contribution < 1.29 is 24.2 Å². The average molecular weight is 560 g/mol. The summed E-state index contributed by atoms with van der Waals surface area (Å²) in [5.74, 6) is -1.88. The van der Waals surface area contributed by atoms with E-state index in [1.54, 1.807) is 26.9 Å². The predicted octanol–water partition coefficient (Wildman–Crippen LogP) is 3.93. The second-order valence-corrected chi connectivity index (χ2v) is 11.4. The van der Waals surface area contributed by atoms with Crippen LogP contribution in [0.25, 0.3) is 10.8 Å². The third-order valence-electron chi connectivity index (χ3n) is 8.90.